The van der Waals surface area contributed by atoms with Gasteiger partial charge in [-0.25, -0.2) is 0 Å². The fourth-order valence-corrected chi connectivity index (χ4v) is 2.90. The van der Waals surface area contributed by atoms with Crippen LogP contribution in [0.4, 0.5) is 0 Å². The fraction of sp³-hybridized carbons (Fsp3) is 0.417. The van der Waals surface area contributed by atoms with Crippen LogP contribution in [-0.4, -0.2) is 28.6 Å². The maximum absolute atomic E-state index is 11.1. The molecule has 1 fully saturated rings. The van der Waals surface area contributed by atoms with E-state index in [9.17, 15) is 4.79 Å². The van der Waals surface area contributed by atoms with E-state index in [-0.39, 0.29) is 6.04 Å². The molecule has 2 rings (SSSR count). The van der Waals surface area contributed by atoms with E-state index in [0.29, 0.717) is 11.6 Å². The smallest absolute Gasteiger partial charge is 0.320 e. The fourth-order valence-electron chi connectivity index (χ4n) is 2.16. The van der Waals surface area contributed by atoms with Gasteiger partial charge in [-0.3, -0.25) is 9.69 Å². The van der Waals surface area contributed by atoms with Crippen molar-refractivity contribution in [2.24, 2.45) is 0 Å². The molecule has 1 saturated heterocycles. The average molecular weight is 319 g/mol. The van der Waals surface area contributed by atoms with E-state index < -0.39 is 5.97 Å². The third kappa shape index (κ3) is 3.00. The van der Waals surface area contributed by atoms with Crippen molar-refractivity contribution in [1.29, 1.82) is 0 Å². The summed E-state index contributed by atoms with van der Waals surface area (Å²) in [5.74, 6) is -0.740. The minimum atomic E-state index is -0.740. The molecule has 1 aliphatic rings. The Balaban J connectivity index is 2.12. The Morgan fingerprint density at radius 3 is 3.00 bits per heavy atom. The summed E-state index contributed by atoms with van der Waals surface area (Å²) in [6, 6.07) is 5.33. The van der Waals surface area contributed by atoms with Crippen molar-refractivity contribution >= 4 is 33.5 Å². The molecule has 92 valence electrons. The zero-order chi connectivity index (χ0) is 12.4. The zero-order valence-corrected chi connectivity index (χ0v) is 11.5. The van der Waals surface area contributed by atoms with Gasteiger partial charge in [0, 0.05) is 16.0 Å². The number of halogens is 2. The van der Waals surface area contributed by atoms with Gasteiger partial charge < -0.3 is 5.11 Å². The van der Waals surface area contributed by atoms with E-state index >= 15 is 0 Å². The topological polar surface area (TPSA) is 40.5 Å². The maximum atomic E-state index is 11.1. The molecule has 1 atom stereocenters. The summed E-state index contributed by atoms with van der Waals surface area (Å²) in [6.45, 7) is 1.42. The highest BCUT2D eigenvalue weighted by Crippen LogP contribution is 2.26. The lowest BCUT2D eigenvalue weighted by Gasteiger charge is -2.21. The largest absolute Gasteiger partial charge is 0.480 e. The van der Waals surface area contributed by atoms with Crippen molar-refractivity contribution in [1.82, 2.24) is 4.90 Å². The molecule has 1 aromatic carbocycles. The predicted octanol–water partition coefficient (Wildman–Crippen LogP) is 3.15. The van der Waals surface area contributed by atoms with Crippen molar-refractivity contribution in [3.8, 4) is 0 Å². The number of carboxylic acids is 1. The molecule has 0 unspecified atom stereocenters. The Labute approximate surface area is 114 Å². The summed E-state index contributed by atoms with van der Waals surface area (Å²) >= 11 is 9.48. The van der Waals surface area contributed by atoms with Gasteiger partial charge in [-0.05, 0) is 37.1 Å². The van der Waals surface area contributed by atoms with Crippen LogP contribution >= 0.6 is 27.5 Å². The third-order valence-electron chi connectivity index (χ3n) is 3.04. The van der Waals surface area contributed by atoms with Crippen molar-refractivity contribution < 1.29 is 9.90 Å². The Hall–Kier alpha value is -0.580. The highest BCUT2D eigenvalue weighted by Gasteiger charge is 2.30. The van der Waals surface area contributed by atoms with Gasteiger partial charge in [0.1, 0.15) is 6.04 Å². The van der Waals surface area contributed by atoms with Crippen LogP contribution in [0.1, 0.15) is 18.4 Å². The van der Waals surface area contributed by atoms with Gasteiger partial charge in [-0.15, -0.1) is 0 Å². The molecule has 1 aliphatic heterocycles. The number of hydrogen-bond acceptors (Lipinski definition) is 2. The molecule has 0 radical (unpaired) electrons. The first-order valence-electron chi connectivity index (χ1n) is 5.48. The molecule has 0 aliphatic carbocycles. The molecule has 1 N–H and O–H groups in total. The molecule has 5 heteroatoms. The summed E-state index contributed by atoms with van der Waals surface area (Å²) in [5, 5.41) is 9.77. The Morgan fingerprint density at radius 1 is 1.59 bits per heavy atom. The van der Waals surface area contributed by atoms with Gasteiger partial charge in [0.25, 0.3) is 0 Å². The number of benzene rings is 1. The molecule has 3 nitrogen and oxygen atoms in total. The molecular formula is C12H13BrClNO2. The van der Waals surface area contributed by atoms with E-state index in [2.05, 4.69) is 15.9 Å². The van der Waals surface area contributed by atoms with Crippen LogP contribution < -0.4 is 0 Å². The van der Waals surface area contributed by atoms with Crippen LogP contribution in [0.5, 0.6) is 0 Å². The second-order valence-electron chi connectivity index (χ2n) is 4.20. The van der Waals surface area contributed by atoms with Gasteiger partial charge in [-0.2, -0.15) is 0 Å². The summed E-state index contributed by atoms with van der Waals surface area (Å²) in [7, 11) is 0. The number of likely N-dealkylation sites (tertiary alicyclic amines) is 1. The van der Waals surface area contributed by atoms with Gasteiger partial charge in [0.15, 0.2) is 0 Å². The normalized spacial score (nSPS) is 20.7. The Morgan fingerprint density at radius 2 is 2.35 bits per heavy atom. The van der Waals surface area contributed by atoms with Crippen LogP contribution in [-0.2, 0) is 11.3 Å². The van der Waals surface area contributed by atoms with Crippen molar-refractivity contribution in [2.75, 3.05) is 6.54 Å². The molecule has 1 aromatic rings. The van der Waals surface area contributed by atoms with E-state index in [1.807, 2.05) is 23.1 Å². The van der Waals surface area contributed by atoms with Crippen molar-refractivity contribution in [2.45, 2.75) is 25.4 Å². The second kappa shape index (κ2) is 5.38. The highest BCUT2D eigenvalue weighted by molar-refractivity contribution is 9.10. The van der Waals surface area contributed by atoms with E-state index in [0.717, 1.165) is 29.4 Å². The molecule has 0 aromatic heterocycles. The SMILES string of the molecule is O=C(O)[C@H]1CCCN1Cc1ccc(Br)cc1Cl. The molecule has 0 bridgehead atoms. The summed E-state index contributed by atoms with van der Waals surface area (Å²) in [4.78, 5) is 13.0. The average Bonchev–Trinajstić information content (AvgIpc) is 2.70. The van der Waals surface area contributed by atoms with Gasteiger partial charge in [0.2, 0.25) is 0 Å². The maximum Gasteiger partial charge on any atom is 0.320 e. The number of rotatable bonds is 3. The van der Waals surface area contributed by atoms with Crippen molar-refractivity contribution in [3.05, 3.63) is 33.3 Å². The third-order valence-corrected chi connectivity index (χ3v) is 3.88. The number of carboxylic acid groups (broad SMARTS) is 1. The first-order chi connectivity index (χ1) is 8.08. The van der Waals surface area contributed by atoms with E-state index in [4.69, 9.17) is 16.7 Å². The molecule has 0 spiro atoms. The predicted molar refractivity (Wildman–Crippen MR) is 70.2 cm³/mol. The summed E-state index contributed by atoms with van der Waals surface area (Å²) in [5.41, 5.74) is 0.975. The lowest BCUT2D eigenvalue weighted by atomic mass is 10.2. The van der Waals surface area contributed by atoms with Gasteiger partial charge in [0.05, 0.1) is 0 Å². The second-order valence-corrected chi connectivity index (χ2v) is 5.53. The number of nitrogens with zero attached hydrogens (tertiary/aromatic N) is 1. The summed E-state index contributed by atoms with van der Waals surface area (Å²) < 4.78 is 0.933. The first-order valence-corrected chi connectivity index (χ1v) is 6.66. The van der Waals surface area contributed by atoms with Crippen LogP contribution in [0, 0.1) is 0 Å². The summed E-state index contributed by atoms with van der Waals surface area (Å²) in [6.07, 6.45) is 1.66. The van der Waals surface area contributed by atoms with Gasteiger partial charge in [-0.1, -0.05) is 33.6 Å². The number of hydrogen-bond donors (Lipinski definition) is 1. The molecule has 0 amide bonds. The monoisotopic (exact) mass is 317 g/mol. The molecule has 0 saturated carbocycles. The Kier molecular flexibility index (Phi) is 4.07. The quantitative estimate of drug-likeness (QED) is 0.930. The standard InChI is InChI=1S/C12H13BrClNO2/c13-9-4-3-8(10(14)6-9)7-15-5-1-2-11(15)12(16)17/h3-4,6,11H,1-2,5,7H2,(H,16,17)/t11-/m1/s1. The van der Waals surface area contributed by atoms with Gasteiger partial charge >= 0.3 is 5.97 Å². The lowest BCUT2D eigenvalue weighted by Crippen LogP contribution is -2.35. The molecular weight excluding hydrogens is 305 g/mol. The molecule has 17 heavy (non-hydrogen) atoms. The minimum Gasteiger partial charge on any atom is -0.480 e. The lowest BCUT2D eigenvalue weighted by molar-refractivity contribution is -0.142. The van der Waals surface area contributed by atoms with E-state index in [1.165, 1.54) is 0 Å². The highest BCUT2D eigenvalue weighted by atomic mass is 79.9. The van der Waals surface area contributed by atoms with Crippen LogP contribution in [0.2, 0.25) is 5.02 Å². The first kappa shape index (κ1) is 12.9. The minimum absolute atomic E-state index is 0.366. The van der Waals surface area contributed by atoms with E-state index in [1.54, 1.807) is 0 Å². The zero-order valence-electron chi connectivity index (χ0n) is 9.20. The number of carbonyl (C=O) groups is 1. The molecule has 1 heterocycles. The van der Waals surface area contributed by atoms with Crippen LogP contribution in [0.15, 0.2) is 22.7 Å². The van der Waals surface area contributed by atoms with Crippen LogP contribution in [0.25, 0.3) is 0 Å². The number of aliphatic carboxylic acids is 1. The van der Waals surface area contributed by atoms with Crippen molar-refractivity contribution in [3.63, 3.8) is 0 Å². The Bertz CT molecular complexity index is 439. The van der Waals surface area contributed by atoms with Crippen LogP contribution in [0.3, 0.4) is 0 Å².